The third-order valence-corrected chi connectivity index (χ3v) is 2.71. The Labute approximate surface area is 121 Å². The van der Waals surface area contributed by atoms with E-state index in [0.29, 0.717) is 6.54 Å². The fraction of sp³-hybridized carbons (Fsp3) is 0.385. The maximum atomic E-state index is 12.0. The molecule has 8 heteroatoms. The average molecular weight is 294 g/mol. The van der Waals surface area contributed by atoms with Gasteiger partial charge in [-0.2, -0.15) is 0 Å². The third kappa shape index (κ3) is 4.75. The summed E-state index contributed by atoms with van der Waals surface area (Å²) in [6.45, 7) is 3.94. The van der Waals surface area contributed by atoms with Gasteiger partial charge in [-0.1, -0.05) is 0 Å². The quantitative estimate of drug-likeness (QED) is 0.511. The van der Waals surface area contributed by atoms with Crippen LogP contribution in [0.25, 0.3) is 0 Å². The molecule has 1 unspecified atom stereocenters. The summed E-state index contributed by atoms with van der Waals surface area (Å²) in [6.07, 6.45) is 0.0266. The van der Waals surface area contributed by atoms with Crippen molar-refractivity contribution in [3.05, 3.63) is 33.9 Å². The van der Waals surface area contributed by atoms with Crippen molar-refractivity contribution in [3.8, 4) is 0 Å². The lowest BCUT2D eigenvalue weighted by Crippen LogP contribution is -2.35. The molecular formula is C13H18N4O4. The van der Waals surface area contributed by atoms with Crippen LogP contribution in [0.5, 0.6) is 0 Å². The Morgan fingerprint density at radius 2 is 2.10 bits per heavy atom. The van der Waals surface area contributed by atoms with Crippen LogP contribution >= 0.6 is 0 Å². The zero-order valence-corrected chi connectivity index (χ0v) is 11.9. The van der Waals surface area contributed by atoms with Crippen LogP contribution in [-0.2, 0) is 4.79 Å². The molecule has 0 aromatic heterocycles. The minimum Gasteiger partial charge on any atom is -0.380 e. The largest absolute Gasteiger partial charge is 0.380 e. The van der Waals surface area contributed by atoms with Crippen molar-refractivity contribution in [2.24, 2.45) is 5.73 Å². The van der Waals surface area contributed by atoms with Crippen molar-refractivity contribution in [1.29, 1.82) is 0 Å². The lowest BCUT2D eigenvalue weighted by atomic mass is 10.1. The maximum absolute atomic E-state index is 12.0. The van der Waals surface area contributed by atoms with Gasteiger partial charge < -0.3 is 16.4 Å². The van der Waals surface area contributed by atoms with Gasteiger partial charge in [0.2, 0.25) is 5.91 Å². The summed E-state index contributed by atoms with van der Waals surface area (Å²) in [6, 6.07) is 3.64. The first-order valence-corrected chi connectivity index (χ1v) is 6.46. The van der Waals surface area contributed by atoms with Crippen molar-refractivity contribution >= 4 is 23.2 Å². The molecule has 21 heavy (non-hydrogen) atoms. The number of hydrogen-bond acceptors (Lipinski definition) is 5. The Morgan fingerprint density at radius 3 is 2.62 bits per heavy atom. The van der Waals surface area contributed by atoms with Crippen LogP contribution in [0.3, 0.4) is 0 Å². The number of nitro benzene ring substituents is 1. The molecule has 0 aliphatic rings. The normalized spacial score (nSPS) is 11.5. The van der Waals surface area contributed by atoms with Gasteiger partial charge >= 0.3 is 0 Å². The average Bonchev–Trinajstić information content (AvgIpc) is 2.37. The summed E-state index contributed by atoms with van der Waals surface area (Å²) in [4.78, 5) is 33.2. The Bertz CT molecular complexity index is 559. The first-order valence-electron chi connectivity index (χ1n) is 6.46. The Balaban J connectivity index is 2.92. The molecule has 0 spiro atoms. The molecule has 0 heterocycles. The molecular weight excluding hydrogens is 276 g/mol. The third-order valence-electron chi connectivity index (χ3n) is 2.71. The second-order valence-electron chi connectivity index (χ2n) is 4.56. The molecule has 1 aromatic rings. The molecule has 8 nitrogen and oxygen atoms in total. The predicted octanol–water partition coefficient (Wildman–Crippen LogP) is 1.02. The van der Waals surface area contributed by atoms with Crippen LogP contribution in [0.4, 0.5) is 11.4 Å². The minimum atomic E-state index is -0.518. The first-order chi connectivity index (χ1) is 9.85. The van der Waals surface area contributed by atoms with E-state index in [1.54, 1.807) is 13.8 Å². The maximum Gasteiger partial charge on any atom is 0.292 e. The topological polar surface area (TPSA) is 127 Å². The predicted molar refractivity (Wildman–Crippen MR) is 78.0 cm³/mol. The molecule has 0 saturated heterocycles. The molecule has 0 aliphatic carbocycles. The molecule has 4 N–H and O–H groups in total. The summed E-state index contributed by atoms with van der Waals surface area (Å²) in [5.41, 5.74) is 5.50. The SMILES string of the molecule is CCNc1cc(C(=O)NC(C)CC(N)=O)ccc1[N+](=O)[O-]. The highest BCUT2D eigenvalue weighted by Gasteiger charge is 2.17. The number of carbonyl (C=O) groups is 2. The van der Waals surface area contributed by atoms with E-state index in [-0.39, 0.29) is 23.4 Å². The van der Waals surface area contributed by atoms with Crippen molar-refractivity contribution in [3.63, 3.8) is 0 Å². The summed E-state index contributed by atoms with van der Waals surface area (Å²) in [5.74, 6) is -0.933. The fourth-order valence-electron chi connectivity index (χ4n) is 1.83. The van der Waals surface area contributed by atoms with Gasteiger partial charge in [-0.25, -0.2) is 0 Å². The lowest BCUT2D eigenvalue weighted by Gasteiger charge is -2.13. The second kappa shape index (κ2) is 7.22. The van der Waals surface area contributed by atoms with Crippen LogP contribution in [0, 0.1) is 10.1 Å². The number of primary amides is 1. The van der Waals surface area contributed by atoms with Gasteiger partial charge in [0.05, 0.1) is 4.92 Å². The van der Waals surface area contributed by atoms with Crippen LogP contribution in [0.1, 0.15) is 30.6 Å². The monoisotopic (exact) mass is 294 g/mol. The number of carbonyl (C=O) groups excluding carboxylic acids is 2. The van der Waals surface area contributed by atoms with Crippen molar-refractivity contribution in [2.45, 2.75) is 26.3 Å². The molecule has 114 valence electrons. The van der Waals surface area contributed by atoms with Crippen LogP contribution in [-0.4, -0.2) is 29.3 Å². The molecule has 1 atom stereocenters. The molecule has 2 amide bonds. The first kappa shape index (κ1) is 16.4. The number of nitro groups is 1. The number of nitrogens with two attached hydrogens (primary N) is 1. The van der Waals surface area contributed by atoms with Gasteiger partial charge in [0.25, 0.3) is 11.6 Å². The van der Waals surface area contributed by atoms with Gasteiger partial charge in [-0.15, -0.1) is 0 Å². The zero-order valence-electron chi connectivity index (χ0n) is 11.9. The second-order valence-corrected chi connectivity index (χ2v) is 4.56. The smallest absolute Gasteiger partial charge is 0.292 e. The number of nitrogens with zero attached hydrogens (tertiary/aromatic N) is 1. The summed E-state index contributed by atoms with van der Waals surface area (Å²) in [5, 5.41) is 16.3. The van der Waals surface area contributed by atoms with Gasteiger partial charge in [-0.05, 0) is 26.0 Å². The van der Waals surface area contributed by atoms with Gasteiger partial charge in [0.15, 0.2) is 0 Å². The number of amides is 2. The zero-order chi connectivity index (χ0) is 16.0. The van der Waals surface area contributed by atoms with E-state index in [2.05, 4.69) is 10.6 Å². The summed E-state index contributed by atoms with van der Waals surface area (Å²) < 4.78 is 0. The standard InChI is InChI=1S/C13H18N4O4/c1-3-15-10-7-9(4-5-11(10)17(20)21)13(19)16-8(2)6-12(14)18/h4-5,7-8,15H,3,6H2,1-2H3,(H2,14,18)(H,16,19). The van der Waals surface area contributed by atoms with E-state index < -0.39 is 22.8 Å². The highest BCUT2D eigenvalue weighted by Crippen LogP contribution is 2.25. The Kier molecular flexibility index (Phi) is 5.65. The van der Waals surface area contributed by atoms with E-state index in [9.17, 15) is 19.7 Å². The molecule has 1 aromatic carbocycles. The van der Waals surface area contributed by atoms with E-state index >= 15 is 0 Å². The van der Waals surface area contributed by atoms with E-state index in [1.807, 2.05) is 0 Å². The highest BCUT2D eigenvalue weighted by molar-refractivity contribution is 5.96. The number of anilines is 1. The number of hydrogen-bond donors (Lipinski definition) is 3. The molecule has 0 saturated carbocycles. The van der Waals surface area contributed by atoms with Crippen LogP contribution < -0.4 is 16.4 Å². The molecule has 0 radical (unpaired) electrons. The van der Waals surface area contributed by atoms with E-state index in [4.69, 9.17) is 5.73 Å². The van der Waals surface area contributed by atoms with Crippen molar-refractivity contribution in [1.82, 2.24) is 5.32 Å². The van der Waals surface area contributed by atoms with Crippen LogP contribution in [0.2, 0.25) is 0 Å². The minimum absolute atomic E-state index is 0.0266. The highest BCUT2D eigenvalue weighted by atomic mass is 16.6. The number of rotatable bonds is 7. The van der Waals surface area contributed by atoms with E-state index in [1.165, 1.54) is 18.2 Å². The van der Waals surface area contributed by atoms with Crippen molar-refractivity contribution in [2.75, 3.05) is 11.9 Å². The number of benzene rings is 1. The fourth-order valence-corrected chi connectivity index (χ4v) is 1.83. The van der Waals surface area contributed by atoms with Crippen molar-refractivity contribution < 1.29 is 14.5 Å². The summed E-state index contributed by atoms with van der Waals surface area (Å²) in [7, 11) is 0. The molecule has 1 rings (SSSR count). The Hall–Kier alpha value is -2.64. The lowest BCUT2D eigenvalue weighted by molar-refractivity contribution is -0.384. The van der Waals surface area contributed by atoms with Gasteiger partial charge in [0, 0.05) is 30.6 Å². The van der Waals surface area contributed by atoms with Gasteiger partial charge in [-0.3, -0.25) is 19.7 Å². The van der Waals surface area contributed by atoms with Crippen LogP contribution in [0.15, 0.2) is 18.2 Å². The molecule has 0 bridgehead atoms. The number of nitrogens with one attached hydrogen (secondary N) is 2. The Morgan fingerprint density at radius 1 is 1.43 bits per heavy atom. The van der Waals surface area contributed by atoms with Gasteiger partial charge in [0.1, 0.15) is 5.69 Å². The molecule has 0 aliphatic heterocycles. The molecule has 0 fully saturated rings. The summed E-state index contributed by atoms with van der Waals surface area (Å²) >= 11 is 0. The van der Waals surface area contributed by atoms with E-state index in [0.717, 1.165) is 0 Å².